The van der Waals surface area contributed by atoms with Gasteiger partial charge in [0.15, 0.2) is 11.6 Å². The number of hydrogen-bond acceptors (Lipinski definition) is 2. The molecule has 0 heterocycles. The summed E-state index contributed by atoms with van der Waals surface area (Å²) in [5.41, 5.74) is -0.663. The van der Waals surface area contributed by atoms with Crippen LogP contribution in [0.25, 0.3) is 0 Å². The fourth-order valence-corrected chi connectivity index (χ4v) is 1.30. The van der Waals surface area contributed by atoms with Gasteiger partial charge in [-0.25, -0.2) is 13.2 Å². The molecule has 3 nitrogen and oxygen atoms in total. The fourth-order valence-electron chi connectivity index (χ4n) is 1.30. The molecule has 0 aliphatic carbocycles. The largest absolute Gasteiger partial charge is 0.374 e. The number of anilines is 1. The summed E-state index contributed by atoms with van der Waals surface area (Å²) in [6.07, 6.45) is 0. The van der Waals surface area contributed by atoms with Crippen molar-refractivity contribution in [3.05, 3.63) is 29.6 Å². The van der Waals surface area contributed by atoms with Gasteiger partial charge >= 0.3 is 0 Å². The van der Waals surface area contributed by atoms with Crippen LogP contribution >= 0.6 is 0 Å². The van der Waals surface area contributed by atoms with Gasteiger partial charge in [0.2, 0.25) is 5.91 Å². The minimum atomic E-state index is -1.27. The summed E-state index contributed by atoms with van der Waals surface area (Å²) in [5.74, 6) is -3.75. The Kier molecular flexibility index (Phi) is 4.21. The van der Waals surface area contributed by atoms with E-state index in [1.165, 1.54) is 0 Å². The number of nitrogens with one attached hydrogen (secondary N) is 2. The summed E-state index contributed by atoms with van der Waals surface area (Å²) < 4.78 is 38.7. The minimum absolute atomic E-state index is 0.223. The second-order valence-electron chi connectivity index (χ2n) is 4.90. The summed E-state index contributed by atoms with van der Waals surface area (Å²) in [4.78, 5) is 11.4. The average Bonchev–Trinajstić information content (AvgIpc) is 2.19. The van der Waals surface area contributed by atoms with Crippen LogP contribution in [0.3, 0.4) is 0 Å². The number of rotatable bonds is 3. The highest BCUT2D eigenvalue weighted by atomic mass is 19.2. The molecule has 0 aliphatic heterocycles. The van der Waals surface area contributed by atoms with Gasteiger partial charge in [-0.15, -0.1) is 0 Å². The topological polar surface area (TPSA) is 41.1 Å². The maximum absolute atomic E-state index is 13.2. The van der Waals surface area contributed by atoms with Crippen LogP contribution in [0.2, 0.25) is 0 Å². The first-order valence-corrected chi connectivity index (χ1v) is 5.38. The molecule has 1 aromatic carbocycles. The molecule has 1 amide bonds. The van der Waals surface area contributed by atoms with Crippen LogP contribution in [0.5, 0.6) is 0 Å². The van der Waals surface area contributed by atoms with Crippen molar-refractivity contribution in [2.24, 2.45) is 0 Å². The van der Waals surface area contributed by atoms with Crippen LogP contribution in [0, 0.1) is 17.5 Å². The highest BCUT2D eigenvalue weighted by Crippen LogP contribution is 2.17. The zero-order valence-electron chi connectivity index (χ0n) is 10.4. The quantitative estimate of drug-likeness (QED) is 0.819. The van der Waals surface area contributed by atoms with E-state index in [0.717, 1.165) is 0 Å². The Morgan fingerprint density at radius 1 is 1.11 bits per heavy atom. The Balaban J connectivity index is 2.64. The third-order valence-corrected chi connectivity index (χ3v) is 1.96. The van der Waals surface area contributed by atoms with Crippen molar-refractivity contribution in [3.63, 3.8) is 0 Å². The number of halogens is 3. The Labute approximate surface area is 103 Å². The molecule has 0 bridgehead atoms. The molecule has 0 saturated heterocycles. The zero-order chi connectivity index (χ0) is 13.9. The molecule has 1 rings (SSSR count). The maximum atomic E-state index is 13.2. The van der Waals surface area contributed by atoms with Crippen LogP contribution in [0.4, 0.5) is 18.9 Å². The van der Waals surface area contributed by atoms with Crippen LogP contribution in [-0.2, 0) is 4.79 Å². The van der Waals surface area contributed by atoms with E-state index in [4.69, 9.17) is 0 Å². The molecular formula is C12H15F3N2O. The van der Waals surface area contributed by atoms with E-state index in [-0.39, 0.29) is 18.1 Å². The monoisotopic (exact) mass is 260 g/mol. The van der Waals surface area contributed by atoms with Crippen LogP contribution in [0.1, 0.15) is 20.8 Å². The summed E-state index contributed by atoms with van der Waals surface area (Å²) in [6, 6.07) is 1.11. The second-order valence-corrected chi connectivity index (χ2v) is 4.90. The Bertz CT molecular complexity index is 455. The van der Waals surface area contributed by atoms with Gasteiger partial charge in [0, 0.05) is 17.7 Å². The number of carbonyl (C=O) groups is 1. The molecule has 0 radical (unpaired) electrons. The lowest BCUT2D eigenvalue weighted by atomic mass is 10.1. The minimum Gasteiger partial charge on any atom is -0.374 e. The van der Waals surface area contributed by atoms with E-state index in [0.29, 0.717) is 12.1 Å². The van der Waals surface area contributed by atoms with Gasteiger partial charge in [0.05, 0.1) is 12.2 Å². The normalized spacial score (nSPS) is 11.2. The number of benzene rings is 1. The summed E-state index contributed by atoms with van der Waals surface area (Å²) in [6.45, 7) is 5.16. The van der Waals surface area contributed by atoms with Crippen LogP contribution < -0.4 is 10.6 Å². The van der Waals surface area contributed by atoms with Crippen LogP contribution in [-0.4, -0.2) is 18.0 Å². The molecule has 18 heavy (non-hydrogen) atoms. The summed E-state index contributed by atoms with van der Waals surface area (Å²) in [7, 11) is 0. The molecule has 0 aliphatic rings. The van der Waals surface area contributed by atoms with Gasteiger partial charge < -0.3 is 10.6 Å². The van der Waals surface area contributed by atoms with Gasteiger partial charge in [-0.2, -0.15) is 0 Å². The van der Waals surface area contributed by atoms with Crippen molar-refractivity contribution in [2.45, 2.75) is 26.3 Å². The van der Waals surface area contributed by atoms with Gasteiger partial charge in [-0.05, 0) is 20.8 Å². The lowest BCUT2D eigenvalue weighted by Gasteiger charge is -2.20. The molecule has 0 spiro atoms. The molecular weight excluding hydrogens is 245 g/mol. The van der Waals surface area contributed by atoms with Gasteiger partial charge in [-0.3, -0.25) is 4.79 Å². The third kappa shape index (κ3) is 4.27. The Morgan fingerprint density at radius 3 is 2.22 bits per heavy atom. The van der Waals surface area contributed by atoms with Gasteiger partial charge in [-0.1, -0.05) is 0 Å². The van der Waals surface area contributed by atoms with E-state index in [9.17, 15) is 18.0 Å². The first-order valence-electron chi connectivity index (χ1n) is 5.38. The number of hydrogen-bond donors (Lipinski definition) is 2. The van der Waals surface area contributed by atoms with Crippen molar-refractivity contribution in [3.8, 4) is 0 Å². The predicted octanol–water partition coefficient (Wildman–Crippen LogP) is 2.43. The lowest BCUT2D eigenvalue weighted by molar-refractivity contribution is -0.120. The average molecular weight is 260 g/mol. The van der Waals surface area contributed by atoms with E-state index >= 15 is 0 Å². The Morgan fingerprint density at radius 2 is 1.67 bits per heavy atom. The van der Waals surface area contributed by atoms with Crippen molar-refractivity contribution in [1.82, 2.24) is 5.32 Å². The van der Waals surface area contributed by atoms with E-state index in [1.54, 1.807) is 20.8 Å². The van der Waals surface area contributed by atoms with Crippen LogP contribution in [0.15, 0.2) is 12.1 Å². The summed E-state index contributed by atoms with van der Waals surface area (Å²) >= 11 is 0. The molecule has 6 heteroatoms. The first kappa shape index (κ1) is 14.3. The SMILES string of the molecule is CC(C)(C)NC(=O)CNc1cc(F)c(F)cc1F. The molecule has 0 aromatic heterocycles. The van der Waals surface area contributed by atoms with Crippen molar-refractivity contribution >= 4 is 11.6 Å². The maximum Gasteiger partial charge on any atom is 0.239 e. The van der Waals surface area contributed by atoms with E-state index in [2.05, 4.69) is 10.6 Å². The molecule has 0 unspecified atom stereocenters. The van der Waals surface area contributed by atoms with Gasteiger partial charge in [0.25, 0.3) is 0 Å². The predicted molar refractivity (Wildman–Crippen MR) is 62.7 cm³/mol. The van der Waals surface area contributed by atoms with Crippen molar-refractivity contribution in [1.29, 1.82) is 0 Å². The first-order chi connectivity index (χ1) is 8.19. The lowest BCUT2D eigenvalue weighted by Crippen LogP contribution is -2.43. The van der Waals surface area contributed by atoms with E-state index in [1.807, 2.05) is 0 Å². The molecule has 0 fully saturated rings. The molecule has 2 N–H and O–H groups in total. The smallest absolute Gasteiger partial charge is 0.239 e. The highest BCUT2D eigenvalue weighted by molar-refractivity contribution is 5.81. The standard InChI is InChI=1S/C12H15F3N2O/c1-12(2,3)17-11(18)6-16-10-5-8(14)7(13)4-9(10)15/h4-5,16H,6H2,1-3H3,(H,17,18). The number of amides is 1. The van der Waals surface area contributed by atoms with Gasteiger partial charge in [0.1, 0.15) is 5.82 Å². The molecule has 100 valence electrons. The Hall–Kier alpha value is -1.72. The second kappa shape index (κ2) is 5.29. The zero-order valence-corrected chi connectivity index (χ0v) is 10.4. The summed E-state index contributed by atoms with van der Waals surface area (Å²) in [5, 5.41) is 5.05. The molecule has 1 aromatic rings. The third-order valence-electron chi connectivity index (χ3n) is 1.96. The highest BCUT2D eigenvalue weighted by Gasteiger charge is 2.15. The molecule has 0 saturated carbocycles. The van der Waals surface area contributed by atoms with E-state index < -0.39 is 23.0 Å². The van der Waals surface area contributed by atoms with Crippen molar-refractivity contribution in [2.75, 3.05) is 11.9 Å². The fraction of sp³-hybridized carbons (Fsp3) is 0.417. The molecule has 0 atom stereocenters. The number of carbonyl (C=O) groups excluding carboxylic acids is 1. The van der Waals surface area contributed by atoms with Crippen molar-refractivity contribution < 1.29 is 18.0 Å².